The van der Waals surface area contributed by atoms with Gasteiger partial charge in [-0.2, -0.15) is 0 Å². The van der Waals surface area contributed by atoms with Crippen LogP contribution in [-0.4, -0.2) is 11.4 Å². The Balaban J connectivity index is 2.07. The lowest BCUT2D eigenvalue weighted by molar-refractivity contribution is 0.591. The highest BCUT2D eigenvalue weighted by Gasteiger charge is 2.22. The molecule has 0 heterocycles. The Morgan fingerprint density at radius 2 is 0.789 bits per heavy atom. The first-order valence-corrected chi connectivity index (χ1v) is 12.8. The second-order valence-corrected chi connectivity index (χ2v) is 11.5. The first-order valence-electron chi connectivity index (χ1n) is 12.8. The average Bonchev–Trinajstić information content (AvgIpc) is 2.87. The second-order valence-electron chi connectivity index (χ2n) is 11.5. The number of hydrogen-bond acceptors (Lipinski definition) is 2. The largest absolute Gasteiger partial charge is 0.246 e. The van der Waals surface area contributed by atoms with Gasteiger partial charge in [-0.05, 0) is 82.6 Å². The number of rotatable bonds is 5. The summed E-state index contributed by atoms with van der Waals surface area (Å²) < 4.78 is 28.0. The highest BCUT2D eigenvalue weighted by molar-refractivity contribution is 6.54. The van der Waals surface area contributed by atoms with Crippen LogP contribution in [0.1, 0.15) is 63.8 Å². The number of para-hydroxylation sites is 2. The molecule has 4 aromatic carbocycles. The van der Waals surface area contributed by atoms with Crippen LogP contribution in [0, 0.1) is 11.6 Å². The molecule has 194 valence electrons. The molecule has 0 amide bonds. The zero-order valence-electron chi connectivity index (χ0n) is 22.9. The van der Waals surface area contributed by atoms with Crippen molar-refractivity contribution in [2.75, 3.05) is 0 Å². The SMILES string of the molecule is CC(C)(C)c1ccccc1N=C(C(=Nc1ccccc1C(C)(C)C)c1ccc(F)cc1)c1ccc(F)cc1. The third-order valence-corrected chi connectivity index (χ3v) is 6.35. The van der Waals surface area contributed by atoms with E-state index in [1.165, 1.54) is 24.3 Å². The molecule has 4 rings (SSSR count). The minimum atomic E-state index is -0.332. The molecule has 0 N–H and O–H groups in total. The minimum absolute atomic E-state index is 0.153. The van der Waals surface area contributed by atoms with Gasteiger partial charge in [-0.1, -0.05) is 77.9 Å². The molecule has 4 aromatic rings. The Labute approximate surface area is 224 Å². The van der Waals surface area contributed by atoms with Crippen LogP contribution in [0.3, 0.4) is 0 Å². The summed E-state index contributed by atoms with van der Waals surface area (Å²) in [5.41, 5.74) is 6.05. The van der Waals surface area contributed by atoms with Crippen molar-refractivity contribution in [3.63, 3.8) is 0 Å². The van der Waals surface area contributed by atoms with Gasteiger partial charge in [0.2, 0.25) is 0 Å². The van der Waals surface area contributed by atoms with Crippen molar-refractivity contribution in [3.8, 4) is 0 Å². The number of nitrogens with zero attached hydrogens (tertiary/aromatic N) is 2. The van der Waals surface area contributed by atoms with Crippen molar-refractivity contribution in [2.45, 2.75) is 52.4 Å². The fourth-order valence-electron chi connectivity index (χ4n) is 4.38. The van der Waals surface area contributed by atoms with E-state index in [1.807, 2.05) is 36.4 Å². The van der Waals surface area contributed by atoms with E-state index in [0.29, 0.717) is 22.6 Å². The first-order chi connectivity index (χ1) is 17.9. The smallest absolute Gasteiger partial charge is 0.123 e. The van der Waals surface area contributed by atoms with E-state index in [0.717, 1.165) is 22.5 Å². The van der Waals surface area contributed by atoms with Crippen molar-refractivity contribution in [2.24, 2.45) is 9.98 Å². The second kappa shape index (κ2) is 10.8. The van der Waals surface area contributed by atoms with Crippen LogP contribution in [0.15, 0.2) is 107 Å². The van der Waals surface area contributed by atoms with E-state index >= 15 is 0 Å². The molecule has 0 aliphatic carbocycles. The van der Waals surface area contributed by atoms with E-state index in [2.05, 4.69) is 53.7 Å². The normalized spacial score (nSPS) is 13.1. The lowest BCUT2D eigenvalue weighted by Crippen LogP contribution is -2.19. The molecule has 0 aromatic heterocycles. The number of aliphatic imine (C=N–C) groups is 2. The maximum absolute atomic E-state index is 14.0. The molecule has 0 bridgehead atoms. The van der Waals surface area contributed by atoms with Crippen LogP contribution < -0.4 is 0 Å². The Hall–Kier alpha value is -3.92. The topological polar surface area (TPSA) is 24.7 Å². The Kier molecular flexibility index (Phi) is 7.73. The third kappa shape index (κ3) is 6.31. The van der Waals surface area contributed by atoms with Crippen molar-refractivity contribution in [1.29, 1.82) is 0 Å². The molecule has 0 atom stereocenters. The van der Waals surface area contributed by atoms with Gasteiger partial charge in [0.1, 0.15) is 11.6 Å². The van der Waals surface area contributed by atoms with E-state index in [9.17, 15) is 8.78 Å². The summed E-state index contributed by atoms with van der Waals surface area (Å²) in [6.07, 6.45) is 0. The highest BCUT2D eigenvalue weighted by atomic mass is 19.1. The van der Waals surface area contributed by atoms with Crippen LogP contribution in [0.4, 0.5) is 20.2 Å². The highest BCUT2D eigenvalue weighted by Crippen LogP contribution is 2.34. The van der Waals surface area contributed by atoms with Gasteiger partial charge in [0.25, 0.3) is 0 Å². The molecule has 0 fully saturated rings. The van der Waals surface area contributed by atoms with E-state index < -0.39 is 0 Å². The summed E-state index contributed by atoms with van der Waals surface area (Å²) in [5.74, 6) is -0.664. The predicted octanol–water partition coefficient (Wildman–Crippen LogP) is 9.50. The predicted molar refractivity (Wildman–Crippen MR) is 155 cm³/mol. The van der Waals surface area contributed by atoms with Crippen molar-refractivity contribution in [1.82, 2.24) is 0 Å². The zero-order valence-corrected chi connectivity index (χ0v) is 22.9. The standard InChI is InChI=1S/C34H34F2N2/c1-33(2,3)27-11-7-9-13-29(27)37-31(23-15-19-25(35)20-16-23)32(24-17-21-26(36)22-18-24)38-30-14-10-8-12-28(30)34(4,5)6/h7-22H,1-6H3. The molecule has 0 radical (unpaired) electrons. The average molecular weight is 509 g/mol. The molecule has 0 aliphatic heterocycles. The summed E-state index contributed by atoms with van der Waals surface area (Å²) in [6.45, 7) is 12.9. The molecular formula is C34H34F2N2. The number of halogens is 2. The Morgan fingerprint density at radius 3 is 1.11 bits per heavy atom. The number of hydrogen-bond donors (Lipinski definition) is 0. The summed E-state index contributed by atoms with van der Waals surface area (Å²) in [6, 6.07) is 28.6. The van der Waals surface area contributed by atoms with Crippen molar-refractivity contribution >= 4 is 22.8 Å². The monoisotopic (exact) mass is 508 g/mol. The van der Waals surface area contributed by atoms with Gasteiger partial charge >= 0.3 is 0 Å². The summed E-state index contributed by atoms with van der Waals surface area (Å²) in [4.78, 5) is 10.4. The molecule has 2 nitrogen and oxygen atoms in total. The van der Waals surface area contributed by atoms with Gasteiger partial charge in [0.05, 0.1) is 22.8 Å². The molecule has 0 aliphatic rings. The van der Waals surface area contributed by atoms with Gasteiger partial charge in [0.15, 0.2) is 0 Å². The fraction of sp³-hybridized carbons (Fsp3) is 0.235. The quantitative estimate of drug-likeness (QED) is 0.240. The van der Waals surface area contributed by atoms with Crippen LogP contribution in [0.2, 0.25) is 0 Å². The van der Waals surface area contributed by atoms with Crippen LogP contribution >= 0.6 is 0 Å². The Bertz CT molecular complexity index is 1350. The maximum atomic E-state index is 14.0. The van der Waals surface area contributed by atoms with Gasteiger partial charge in [-0.15, -0.1) is 0 Å². The molecule has 4 heteroatoms. The lowest BCUT2D eigenvalue weighted by atomic mass is 9.85. The van der Waals surface area contributed by atoms with Crippen molar-refractivity contribution in [3.05, 3.63) is 131 Å². The maximum Gasteiger partial charge on any atom is 0.123 e. The van der Waals surface area contributed by atoms with Crippen LogP contribution in [0.25, 0.3) is 0 Å². The molecule has 0 saturated heterocycles. The minimum Gasteiger partial charge on any atom is -0.246 e. The lowest BCUT2D eigenvalue weighted by Gasteiger charge is -2.23. The van der Waals surface area contributed by atoms with Crippen LogP contribution in [-0.2, 0) is 10.8 Å². The number of benzene rings is 4. The van der Waals surface area contributed by atoms with Gasteiger partial charge in [-0.25, -0.2) is 18.8 Å². The van der Waals surface area contributed by atoms with Crippen LogP contribution in [0.5, 0.6) is 0 Å². The van der Waals surface area contributed by atoms with Gasteiger partial charge in [0, 0.05) is 11.1 Å². The van der Waals surface area contributed by atoms with Crippen molar-refractivity contribution < 1.29 is 8.78 Å². The molecule has 0 unspecified atom stereocenters. The molecule has 0 spiro atoms. The molecular weight excluding hydrogens is 474 g/mol. The van der Waals surface area contributed by atoms with E-state index in [1.54, 1.807) is 24.3 Å². The zero-order chi connectivity index (χ0) is 27.5. The third-order valence-electron chi connectivity index (χ3n) is 6.35. The molecule has 38 heavy (non-hydrogen) atoms. The molecule has 0 saturated carbocycles. The first kappa shape index (κ1) is 27.1. The van der Waals surface area contributed by atoms with Gasteiger partial charge in [-0.3, -0.25) is 0 Å². The van der Waals surface area contributed by atoms with Gasteiger partial charge < -0.3 is 0 Å². The van der Waals surface area contributed by atoms with E-state index in [-0.39, 0.29) is 22.5 Å². The van der Waals surface area contributed by atoms with E-state index in [4.69, 9.17) is 9.98 Å². The summed E-state index contributed by atoms with van der Waals surface area (Å²) >= 11 is 0. The Morgan fingerprint density at radius 1 is 0.474 bits per heavy atom. The summed E-state index contributed by atoms with van der Waals surface area (Å²) in [5, 5.41) is 0. The fourth-order valence-corrected chi connectivity index (χ4v) is 4.38. The summed E-state index contributed by atoms with van der Waals surface area (Å²) in [7, 11) is 0.